The first-order valence-electron chi connectivity index (χ1n) is 12.8. The fraction of sp³-hybridized carbons (Fsp3) is 0.429. The van der Waals surface area contributed by atoms with Crippen LogP contribution in [0.4, 0.5) is 0 Å². The molecule has 0 bridgehead atoms. The molecule has 0 aliphatic carbocycles. The smallest absolute Gasteiger partial charge is 0.356 e. The van der Waals surface area contributed by atoms with E-state index in [0.29, 0.717) is 17.9 Å². The van der Waals surface area contributed by atoms with Crippen LogP contribution in [0.15, 0.2) is 36.7 Å². The van der Waals surface area contributed by atoms with E-state index in [9.17, 15) is 9.59 Å². The average Bonchev–Trinajstić information content (AvgIpc) is 3.50. The zero-order chi connectivity index (χ0) is 27.0. The molecule has 38 heavy (non-hydrogen) atoms. The normalized spacial score (nSPS) is 16.9. The molecule has 2 unspecified atom stereocenters. The molecule has 0 radical (unpaired) electrons. The van der Waals surface area contributed by atoms with Gasteiger partial charge in [-0.1, -0.05) is 0 Å². The first-order valence-corrected chi connectivity index (χ1v) is 12.8. The minimum atomic E-state index is -0.737. The van der Waals surface area contributed by atoms with Crippen LogP contribution >= 0.6 is 0 Å². The molecule has 3 aromatic heterocycles. The highest BCUT2D eigenvalue weighted by molar-refractivity contribution is 6.06. The Morgan fingerprint density at radius 1 is 1.16 bits per heavy atom. The van der Waals surface area contributed by atoms with Crippen molar-refractivity contribution in [3.8, 4) is 16.9 Å². The molecule has 1 aromatic carbocycles. The Bertz CT molecular complexity index is 1490. The van der Waals surface area contributed by atoms with Gasteiger partial charge in [0.05, 0.1) is 13.3 Å². The Morgan fingerprint density at radius 2 is 1.97 bits per heavy atom. The molecule has 1 fully saturated rings. The van der Waals surface area contributed by atoms with Gasteiger partial charge in [0, 0.05) is 47.6 Å². The van der Waals surface area contributed by atoms with Crippen LogP contribution in [0.5, 0.6) is 5.75 Å². The van der Waals surface area contributed by atoms with Crippen molar-refractivity contribution in [3.63, 3.8) is 0 Å². The summed E-state index contributed by atoms with van der Waals surface area (Å²) in [6.07, 6.45) is 4.79. The zero-order valence-corrected chi connectivity index (χ0v) is 22.3. The molecule has 4 heterocycles. The van der Waals surface area contributed by atoms with Gasteiger partial charge in [-0.05, 0) is 70.0 Å². The Kier molecular flexibility index (Phi) is 6.83. The van der Waals surface area contributed by atoms with E-state index in [1.54, 1.807) is 12.3 Å². The van der Waals surface area contributed by atoms with E-state index in [2.05, 4.69) is 20.5 Å². The summed E-state index contributed by atoms with van der Waals surface area (Å²) in [5.41, 5.74) is 2.67. The number of nitrogens with one attached hydrogen (secondary N) is 2. The highest BCUT2D eigenvalue weighted by atomic mass is 16.6. The molecule has 10 nitrogen and oxygen atoms in total. The predicted octanol–water partition coefficient (Wildman–Crippen LogP) is 3.99. The summed E-state index contributed by atoms with van der Waals surface area (Å²) in [6.45, 7) is 7.19. The van der Waals surface area contributed by atoms with Crippen molar-refractivity contribution >= 4 is 33.9 Å². The third-order valence-electron chi connectivity index (χ3n) is 6.73. The Morgan fingerprint density at radius 3 is 2.68 bits per heavy atom. The number of fused-ring (bicyclic) bond motifs is 2. The van der Waals surface area contributed by atoms with E-state index < -0.39 is 17.7 Å². The number of hydrogen-bond acceptors (Lipinski definition) is 8. The van der Waals surface area contributed by atoms with E-state index in [0.717, 1.165) is 46.8 Å². The molecular formula is C28H33N5O5. The van der Waals surface area contributed by atoms with E-state index in [4.69, 9.17) is 14.2 Å². The second kappa shape index (κ2) is 10.1. The number of aromatic amines is 1. The molecule has 1 aliphatic heterocycles. The van der Waals surface area contributed by atoms with Crippen molar-refractivity contribution in [3.05, 3.63) is 42.4 Å². The Balaban J connectivity index is 1.57. The fourth-order valence-corrected chi connectivity index (χ4v) is 5.00. The quantitative estimate of drug-likeness (QED) is 0.367. The number of piperidine rings is 1. The van der Waals surface area contributed by atoms with Crippen LogP contribution in [-0.4, -0.2) is 63.6 Å². The minimum absolute atomic E-state index is 0.00194. The second-order valence-corrected chi connectivity index (χ2v) is 10.7. The van der Waals surface area contributed by atoms with Crippen molar-refractivity contribution < 1.29 is 23.8 Å². The standard InChI is InChI=1S/C28H33N5O5/c1-28(2,3)38-27(35)24(16-7-6-10-29-13-16)37-17-8-9-23-19(11-17)21(15-33(23)4)18-12-22(26(34)36-5)31-25-20(18)14-30-32-25/h8-9,11-12,14-16,24,29H,6-7,10,13H2,1-5H3,(H,30,31,32). The van der Waals surface area contributed by atoms with Crippen LogP contribution in [0.3, 0.4) is 0 Å². The van der Waals surface area contributed by atoms with Gasteiger partial charge in [0.1, 0.15) is 11.4 Å². The van der Waals surface area contributed by atoms with Crippen molar-refractivity contribution in [1.29, 1.82) is 0 Å². The van der Waals surface area contributed by atoms with Gasteiger partial charge in [0.25, 0.3) is 0 Å². The first kappa shape index (κ1) is 25.7. The first-order chi connectivity index (χ1) is 18.1. The topological polar surface area (TPSA) is 120 Å². The van der Waals surface area contributed by atoms with Crippen LogP contribution in [0, 0.1) is 5.92 Å². The highest BCUT2D eigenvalue weighted by Gasteiger charge is 2.35. The summed E-state index contributed by atoms with van der Waals surface area (Å²) in [7, 11) is 3.28. The third-order valence-corrected chi connectivity index (χ3v) is 6.73. The number of methoxy groups -OCH3 is 1. The summed E-state index contributed by atoms with van der Waals surface area (Å²) in [5.74, 6) is -0.334. The number of aromatic nitrogens is 4. The number of ether oxygens (including phenoxy) is 3. The lowest BCUT2D eigenvalue weighted by atomic mass is 9.93. The van der Waals surface area contributed by atoms with Crippen molar-refractivity contribution in [2.24, 2.45) is 13.0 Å². The number of carbonyl (C=O) groups is 2. The van der Waals surface area contributed by atoms with Gasteiger partial charge in [-0.2, -0.15) is 5.10 Å². The van der Waals surface area contributed by atoms with Gasteiger partial charge in [0.15, 0.2) is 17.4 Å². The molecule has 4 aromatic rings. The lowest BCUT2D eigenvalue weighted by Crippen LogP contribution is -2.46. The molecule has 0 saturated carbocycles. The number of benzene rings is 1. The number of aryl methyl sites for hydroxylation is 1. The number of rotatable bonds is 6. The Labute approximate surface area is 220 Å². The van der Waals surface area contributed by atoms with E-state index in [-0.39, 0.29) is 17.6 Å². The van der Waals surface area contributed by atoms with Crippen LogP contribution in [-0.2, 0) is 21.3 Å². The van der Waals surface area contributed by atoms with Crippen molar-refractivity contribution in [1.82, 2.24) is 25.1 Å². The maximum Gasteiger partial charge on any atom is 0.356 e. The predicted molar refractivity (Wildman–Crippen MR) is 143 cm³/mol. The zero-order valence-electron chi connectivity index (χ0n) is 22.3. The number of carbonyl (C=O) groups excluding carboxylic acids is 2. The molecule has 1 aliphatic rings. The second-order valence-electron chi connectivity index (χ2n) is 10.7. The summed E-state index contributed by atoms with van der Waals surface area (Å²) in [5, 5.41) is 12.0. The van der Waals surface area contributed by atoms with Crippen LogP contribution in [0.2, 0.25) is 0 Å². The van der Waals surface area contributed by atoms with Gasteiger partial charge >= 0.3 is 11.9 Å². The van der Waals surface area contributed by atoms with E-state index in [1.165, 1.54) is 7.11 Å². The Hall–Kier alpha value is -3.92. The average molecular weight is 520 g/mol. The van der Waals surface area contributed by atoms with Crippen molar-refractivity contribution in [2.75, 3.05) is 20.2 Å². The molecular weight excluding hydrogens is 486 g/mol. The SMILES string of the molecule is COC(=O)c1cc(-c2cn(C)c3ccc(OC(C(=O)OC(C)(C)C)C4CCCNC4)cc23)c2cn[nH]c2n1. The monoisotopic (exact) mass is 519 g/mol. The van der Waals surface area contributed by atoms with Gasteiger partial charge in [-0.25, -0.2) is 14.6 Å². The van der Waals surface area contributed by atoms with Gasteiger partial charge < -0.3 is 24.1 Å². The van der Waals surface area contributed by atoms with Crippen molar-refractivity contribution in [2.45, 2.75) is 45.3 Å². The number of pyridine rings is 1. The molecule has 1 saturated heterocycles. The number of nitrogens with zero attached hydrogens (tertiary/aromatic N) is 3. The van der Waals surface area contributed by atoms with E-state index in [1.807, 2.05) is 56.8 Å². The molecule has 0 amide bonds. The maximum absolute atomic E-state index is 13.2. The van der Waals surface area contributed by atoms with Gasteiger partial charge in [-0.15, -0.1) is 0 Å². The molecule has 5 rings (SSSR count). The van der Waals surface area contributed by atoms with Crippen LogP contribution in [0.1, 0.15) is 44.1 Å². The lowest BCUT2D eigenvalue weighted by Gasteiger charge is -2.32. The lowest BCUT2D eigenvalue weighted by molar-refractivity contribution is -0.166. The largest absolute Gasteiger partial charge is 0.478 e. The molecule has 2 atom stereocenters. The maximum atomic E-state index is 13.2. The molecule has 2 N–H and O–H groups in total. The van der Waals surface area contributed by atoms with E-state index >= 15 is 0 Å². The van der Waals surface area contributed by atoms with Crippen LogP contribution in [0.25, 0.3) is 33.1 Å². The number of esters is 2. The molecule has 200 valence electrons. The number of H-pyrrole nitrogens is 1. The van der Waals surface area contributed by atoms with Gasteiger partial charge in [0.2, 0.25) is 0 Å². The number of hydrogen-bond donors (Lipinski definition) is 2. The summed E-state index contributed by atoms with van der Waals surface area (Å²) in [4.78, 5) is 29.9. The summed E-state index contributed by atoms with van der Waals surface area (Å²) in [6, 6.07) is 7.49. The fourth-order valence-electron chi connectivity index (χ4n) is 5.00. The molecule has 0 spiro atoms. The van der Waals surface area contributed by atoms with Crippen LogP contribution < -0.4 is 10.1 Å². The molecule has 10 heteroatoms. The van der Waals surface area contributed by atoms with Gasteiger partial charge in [-0.3, -0.25) is 5.10 Å². The minimum Gasteiger partial charge on any atom is -0.478 e. The third kappa shape index (κ3) is 5.08. The highest BCUT2D eigenvalue weighted by Crippen LogP contribution is 2.37. The summed E-state index contributed by atoms with van der Waals surface area (Å²) < 4.78 is 19.1. The summed E-state index contributed by atoms with van der Waals surface area (Å²) >= 11 is 0.